The molecule has 1 unspecified atom stereocenters. The molecule has 84 valence electrons. The van der Waals surface area contributed by atoms with Crippen LogP contribution in [0.1, 0.15) is 17.3 Å². The molecule has 2 rings (SSSR count). The zero-order chi connectivity index (χ0) is 11.5. The Bertz CT molecular complexity index is 447. The molecule has 16 heavy (non-hydrogen) atoms. The Kier molecular flexibility index (Phi) is 3.36. The third-order valence-corrected chi connectivity index (χ3v) is 3.08. The summed E-state index contributed by atoms with van der Waals surface area (Å²) in [6.45, 7) is 0. The highest BCUT2D eigenvalue weighted by Gasteiger charge is 2.15. The molecule has 0 aliphatic rings. The highest BCUT2D eigenvalue weighted by atomic mass is 79.9. The standard InChI is InChI=1S/C11H13BrN4/c1-16-11(9(12)7-15-16)10(13)5-8-3-2-4-14-6-8/h2-4,6-7,10H,5,13H2,1H3. The minimum Gasteiger partial charge on any atom is -0.322 e. The number of hydrogen-bond acceptors (Lipinski definition) is 3. The molecule has 0 aromatic carbocycles. The maximum atomic E-state index is 6.15. The van der Waals surface area contributed by atoms with Crippen LogP contribution in [0.25, 0.3) is 0 Å². The second-order valence-electron chi connectivity index (χ2n) is 3.67. The fraction of sp³-hybridized carbons (Fsp3) is 0.273. The molecule has 1 atom stereocenters. The molecule has 0 amide bonds. The van der Waals surface area contributed by atoms with Gasteiger partial charge < -0.3 is 5.73 Å². The fourth-order valence-corrected chi connectivity index (χ4v) is 2.35. The maximum Gasteiger partial charge on any atom is 0.0693 e. The number of pyridine rings is 1. The van der Waals surface area contributed by atoms with E-state index in [4.69, 9.17) is 5.73 Å². The van der Waals surface area contributed by atoms with Crippen LogP contribution >= 0.6 is 15.9 Å². The Hall–Kier alpha value is -1.20. The third kappa shape index (κ3) is 2.31. The van der Waals surface area contributed by atoms with Crippen molar-refractivity contribution in [2.75, 3.05) is 0 Å². The van der Waals surface area contributed by atoms with Crippen LogP contribution in [0, 0.1) is 0 Å². The van der Waals surface area contributed by atoms with E-state index in [0.29, 0.717) is 0 Å². The topological polar surface area (TPSA) is 56.7 Å². The van der Waals surface area contributed by atoms with Crippen LogP contribution in [0.2, 0.25) is 0 Å². The zero-order valence-corrected chi connectivity index (χ0v) is 10.6. The molecule has 4 nitrogen and oxygen atoms in total. The van der Waals surface area contributed by atoms with Gasteiger partial charge in [-0.05, 0) is 34.0 Å². The second kappa shape index (κ2) is 4.76. The molecule has 0 fully saturated rings. The third-order valence-electron chi connectivity index (χ3n) is 2.47. The van der Waals surface area contributed by atoms with Gasteiger partial charge in [0.25, 0.3) is 0 Å². The van der Waals surface area contributed by atoms with Crippen LogP contribution in [-0.4, -0.2) is 14.8 Å². The molecule has 5 heteroatoms. The van der Waals surface area contributed by atoms with Crippen LogP contribution in [0.3, 0.4) is 0 Å². The lowest BCUT2D eigenvalue weighted by molar-refractivity contribution is 0.614. The van der Waals surface area contributed by atoms with Gasteiger partial charge in [-0.3, -0.25) is 9.67 Å². The fourth-order valence-electron chi connectivity index (χ4n) is 1.71. The highest BCUT2D eigenvalue weighted by Crippen LogP contribution is 2.23. The normalized spacial score (nSPS) is 12.7. The number of aromatic nitrogens is 3. The van der Waals surface area contributed by atoms with E-state index in [1.165, 1.54) is 0 Å². The second-order valence-corrected chi connectivity index (χ2v) is 4.53. The molecule has 0 saturated carbocycles. The van der Waals surface area contributed by atoms with Crippen molar-refractivity contribution in [1.29, 1.82) is 0 Å². The Labute approximate surface area is 103 Å². The van der Waals surface area contributed by atoms with Gasteiger partial charge in [0, 0.05) is 19.4 Å². The molecular formula is C11H13BrN4. The summed E-state index contributed by atoms with van der Waals surface area (Å²) in [7, 11) is 1.89. The van der Waals surface area contributed by atoms with E-state index in [1.54, 1.807) is 17.1 Å². The van der Waals surface area contributed by atoms with Crippen LogP contribution in [0.5, 0.6) is 0 Å². The molecule has 0 radical (unpaired) electrons. The van der Waals surface area contributed by atoms with Gasteiger partial charge in [-0.2, -0.15) is 5.10 Å². The van der Waals surface area contributed by atoms with Gasteiger partial charge >= 0.3 is 0 Å². The SMILES string of the molecule is Cn1ncc(Br)c1C(N)Cc1cccnc1. The lowest BCUT2D eigenvalue weighted by atomic mass is 10.1. The van der Waals surface area contributed by atoms with E-state index < -0.39 is 0 Å². The quantitative estimate of drug-likeness (QED) is 0.933. The van der Waals surface area contributed by atoms with Gasteiger partial charge in [0.05, 0.1) is 22.4 Å². The summed E-state index contributed by atoms with van der Waals surface area (Å²) < 4.78 is 2.75. The van der Waals surface area contributed by atoms with E-state index in [1.807, 2.05) is 25.4 Å². The average molecular weight is 281 g/mol. The molecule has 0 aliphatic carbocycles. The van der Waals surface area contributed by atoms with Crippen molar-refractivity contribution < 1.29 is 0 Å². The van der Waals surface area contributed by atoms with Gasteiger partial charge in [0.2, 0.25) is 0 Å². The van der Waals surface area contributed by atoms with Crippen LogP contribution in [0.4, 0.5) is 0 Å². The monoisotopic (exact) mass is 280 g/mol. The summed E-state index contributed by atoms with van der Waals surface area (Å²) in [5.41, 5.74) is 8.29. The molecule has 2 heterocycles. The van der Waals surface area contributed by atoms with Gasteiger partial charge in [-0.1, -0.05) is 6.07 Å². The minimum absolute atomic E-state index is 0.0777. The first-order valence-electron chi connectivity index (χ1n) is 5.00. The van der Waals surface area contributed by atoms with Gasteiger partial charge in [-0.25, -0.2) is 0 Å². The molecule has 0 spiro atoms. The first-order chi connectivity index (χ1) is 7.68. The predicted molar refractivity (Wildman–Crippen MR) is 65.8 cm³/mol. The highest BCUT2D eigenvalue weighted by molar-refractivity contribution is 9.10. The van der Waals surface area contributed by atoms with E-state index in [2.05, 4.69) is 26.0 Å². The summed E-state index contributed by atoms with van der Waals surface area (Å²) in [6.07, 6.45) is 6.11. The smallest absolute Gasteiger partial charge is 0.0693 e. The molecule has 0 bridgehead atoms. The Morgan fingerprint density at radius 3 is 2.88 bits per heavy atom. The summed E-state index contributed by atoms with van der Waals surface area (Å²) in [5.74, 6) is 0. The summed E-state index contributed by atoms with van der Waals surface area (Å²) in [4.78, 5) is 4.07. The number of aryl methyl sites for hydroxylation is 1. The lowest BCUT2D eigenvalue weighted by Gasteiger charge is -2.12. The molecule has 0 aliphatic heterocycles. The Morgan fingerprint density at radius 1 is 1.50 bits per heavy atom. The summed E-state index contributed by atoms with van der Waals surface area (Å²) in [6, 6.07) is 3.86. The first-order valence-corrected chi connectivity index (χ1v) is 5.79. The minimum atomic E-state index is -0.0777. The Balaban J connectivity index is 2.18. The van der Waals surface area contributed by atoms with Crippen LogP contribution in [-0.2, 0) is 13.5 Å². The maximum absolute atomic E-state index is 6.15. The number of nitrogens with zero attached hydrogens (tertiary/aromatic N) is 3. The van der Waals surface area contributed by atoms with E-state index >= 15 is 0 Å². The van der Waals surface area contributed by atoms with Crippen molar-refractivity contribution in [1.82, 2.24) is 14.8 Å². The number of nitrogens with two attached hydrogens (primary N) is 1. The number of halogens is 1. The van der Waals surface area contributed by atoms with Crippen molar-refractivity contribution >= 4 is 15.9 Å². The van der Waals surface area contributed by atoms with Gasteiger partial charge in [0.15, 0.2) is 0 Å². The summed E-state index contributed by atoms with van der Waals surface area (Å²) >= 11 is 3.45. The molecule has 0 saturated heterocycles. The van der Waals surface area contributed by atoms with E-state index in [9.17, 15) is 0 Å². The van der Waals surface area contributed by atoms with Gasteiger partial charge in [-0.15, -0.1) is 0 Å². The van der Waals surface area contributed by atoms with E-state index in [0.717, 1.165) is 22.2 Å². The predicted octanol–water partition coefficient (Wildman–Crippen LogP) is 1.82. The van der Waals surface area contributed by atoms with Gasteiger partial charge in [0.1, 0.15) is 0 Å². The van der Waals surface area contributed by atoms with Crippen molar-refractivity contribution in [2.45, 2.75) is 12.5 Å². The lowest BCUT2D eigenvalue weighted by Crippen LogP contribution is -2.17. The first kappa shape index (κ1) is 11.3. The Morgan fingerprint density at radius 2 is 2.31 bits per heavy atom. The average Bonchev–Trinajstić information content (AvgIpc) is 2.60. The van der Waals surface area contributed by atoms with Crippen molar-refractivity contribution in [3.63, 3.8) is 0 Å². The largest absolute Gasteiger partial charge is 0.322 e. The van der Waals surface area contributed by atoms with Crippen LogP contribution in [0.15, 0.2) is 35.2 Å². The number of rotatable bonds is 3. The van der Waals surface area contributed by atoms with E-state index in [-0.39, 0.29) is 6.04 Å². The molecule has 2 N–H and O–H groups in total. The molecular weight excluding hydrogens is 268 g/mol. The summed E-state index contributed by atoms with van der Waals surface area (Å²) in [5, 5.41) is 4.15. The van der Waals surface area contributed by atoms with Crippen molar-refractivity contribution in [3.8, 4) is 0 Å². The zero-order valence-electron chi connectivity index (χ0n) is 8.97. The number of hydrogen-bond donors (Lipinski definition) is 1. The molecule has 2 aromatic heterocycles. The van der Waals surface area contributed by atoms with Crippen molar-refractivity contribution in [3.05, 3.63) is 46.5 Å². The molecule has 2 aromatic rings. The van der Waals surface area contributed by atoms with Crippen molar-refractivity contribution in [2.24, 2.45) is 12.8 Å². The van der Waals surface area contributed by atoms with Crippen LogP contribution < -0.4 is 5.73 Å².